The predicted molar refractivity (Wildman–Crippen MR) is 82.0 cm³/mol. The molecular formula is C14H21NO2S2. The largest absolute Gasteiger partial charge is 0.391 e. The molecule has 0 fully saturated rings. The standard InChI is InChI=1S/C14H21NO2S2/c1-9(2)5-11(16)7-15-14(17)13-6-10-8-18-4-3-12(10)19-13/h6,9,11,16H,3-5,7-8H2,1-2H3,(H,15,17). The lowest BCUT2D eigenvalue weighted by Crippen LogP contribution is -2.32. The van der Waals surface area contributed by atoms with E-state index in [4.69, 9.17) is 0 Å². The maximum Gasteiger partial charge on any atom is 0.261 e. The number of thiophene rings is 1. The van der Waals surface area contributed by atoms with E-state index in [1.807, 2.05) is 17.8 Å². The average molecular weight is 299 g/mol. The van der Waals surface area contributed by atoms with Crippen LogP contribution in [0.3, 0.4) is 0 Å². The second kappa shape index (κ2) is 6.77. The molecule has 1 unspecified atom stereocenters. The van der Waals surface area contributed by atoms with Crippen molar-refractivity contribution in [2.45, 2.75) is 38.5 Å². The third-order valence-electron chi connectivity index (χ3n) is 3.09. The summed E-state index contributed by atoms with van der Waals surface area (Å²) in [5.74, 6) is 2.57. The van der Waals surface area contributed by atoms with Crippen LogP contribution in [-0.4, -0.2) is 29.4 Å². The summed E-state index contributed by atoms with van der Waals surface area (Å²) >= 11 is 3.52. The van der Waals surface area contributed by atoms with E-state index in [0.717, 1.165) is 29.2 Å². The molecule has 0 aliphatic carbocycles. The normalized spacial score (nSPS) is 16.2. The summed E-state index contributed by atoms with van der Waals surface area (Å²) in [6.45, 7) is 4.47. The first-order valence-corrected chi connectivity index (χ1v) is 8.69. The Morgan fingerprint density at radius 3 is 3.00 bits per heavy atom. The summed E-state index contributed by atoms with van der Waals surface area (Å²) in [6, 6.07) is 2.01. The molecule has 0 spiro atoms. The molecule has 0 bridgehead atoms. The third-order valence-corrected chi connectivity index (χ3v) is 5.34. The van der Waals surface area contributed by atoms with Gasteiger partial charge in [0.1, 0.15) is 0 Å². The zero-order chi connectivity index (χ0) is 13.8. The number of hydrogen-bond acceptors (Lipinski definition) is 4. The third kappa shape index (κ3) is 4.23. The van der Waals surface area contributed by atoms with Gasteiger partial charge in [0.05, 0.1) is 11.0 Å². The predicted octanol–water partition coefficient (Wildman–Crippen LogP) is 2.67. The number of nitrogens with one attached hydrogen (secondary N) is 1. The molecule has 1 aliphatic heterocycles. The fourth-order valence-corrected chi connectivity index (χ4v) is 4.47. The zero-order valence-electron chi connectivity index (χ0n) is 11.4. The van der Waals surface area contributed by atoms with Gasteiger partial charge in [0.2, 0.25) is 0 Å². The van der Waals surface area contributed by atoms with E-state index in [2.05, 4.69) is 19.2 Å². The Kier molecular flexibility index (Phi) is 5.30. The Balaban J connectivity index is 1.87. The maximum absolute atomic E-state index is 12.0. The van der Waals surface area contributed by atoms with Gasteiger partial charge in [0.25, 0.3) is 5.91 Å². The molecule has 2 heterocycles. The van der Waals surface area contributed by atoms with E-state index in [-0.39, 0.29) is 5.91 Å². The van der Waals surface area contributed by atoms with Crippen molar-refractivity contribution in [2.24, 2.45) is 5.92 Å². The first kappa shape index (κ1) is 14.9. The zero-order valence-corrected chi connectivity index (χ0v) is 13.1. The smallest absolute Gasteiger partial charge is 0.261 e. The molecular weight excluding hydrogens is 278 g/mol. The fraction of sp³-hybridized carbons (Fsp3) is 0.643. The maximum atomic E-state index is 12.0. The van der Waals surface area contributed by atoms with Crippen molar-refractivity contribution in [1.82, 2.24) is 5.32 Å². The van der Waals surface area contributed by atoms with Crippen LogP contribution in [0.2, 0.25) is 0 Å². The number of rotatable bonds is 5. The van der Waals surface area contributed by atoms with Crippen molar-refractivity contribution in [2.75, 3.05) is 12.3 Å². The molecule has 1 aromatic heterocycles. The number of fused-ring (bicyclic) bond motifs is 1. The van der Waals surface area contributed by atoms with E-state index >= 15 is 0 Å². The van der Waals surface area contributed by atoms with Crippen LogP contribution in [0.1, 0.15) is 40.4 Å². The summed E-state index contributed by atoms with van der Waals surface area (Å²) in [6.07, 6.45) is 1.35. The molecule has 2 rings (SSSR count). The number of aliphatic hydroxyl groups is 1. The van der Waals surface area contributed by atoms with E-state index in [0.29, 0.717) is 12.5 Å². The lowest BCUT2D eigenvalue weighted by molar-refractivity contribution is 0.0904. The van der Waals surface area contributed by atoms with Gasteiger partial charge in [0, 0.05) is 17.2 Å². The highest BCUT2D eigenvalue weighted by Gasteiger charge is 2.18. The van der Waals surface area contributed by atoms with Gasteiger partial charge in [-0.15, -0.1) is 11.3 Å². The molecule has 0 radical (unpaired) electrons. The first-order chi connectivity index (χ1) is 9.06. The summed E-state index contributed by atoms with van der Waals surface area (Å²) in [7, 11) is 0. The second-order valence-electron chi connectivity index (χ2n) is 5.36. The topological polar surface area (TPSA) is 49.3 Å². The number of aryl methyl sites for hydroxylation is 1. The Labute approximate surface area is 122 Å². The van der Waals surface area contributed by atoms with Crippen molar-refractivity contribution in [3.63, 3.8) is 0 Å². The van der Waals surface area contributed by atoms with E-state index < -0.39 is 6.10 Å². The summed E-state index contributed by atoms with van der Waals surface area (Å²) in [5.41, 5.74) is 1.31. The highest BCUT2D eigenvalue weighted by molar-refractivity contribution is 7.98. The lowest BCUT2D eigenvalue weighted by Gasteiger charge is -2.13. The van der Waals surface area contributed by atoms with Crippen molar-refractivity contribution in [3.8, 4) is 0 Å². The van der Waals surface area contributed by atoms with Gasteiger partial charge in [-0.25, -0.2) is 0 Å². The van der Waals surface area contributed by atoms with Gasteiger partial charge in [-0.05, 0) is 36.1 Å². The van der Waals surface area contributed by atoms with Gasteiger partial charge >= 0.3 is 0 Å². The van der Waals surface area contributed by atoms with Gasteiger partial charge in [-0.1, -0.05) is 13.8 Å². The number of amides is 1. The molecule has 5 heteroatoms. The molecule has 1 aliphatic rings. The molecule has 0 saturated heterocycles. The summed E-state index contributed by atoms with van der Waals surface area (Å²) in [4.78, 5) is 14.2. The Bertz CT molecular complexity index is 419. The molecule has 1 aromatic rings. The number of carbonyl (C=O) groups is 1. The molecule has 2 N–H and O–H groups in total. The van der Waals surface area contributed by atoms with Crippen LogP contribution in [0.4, 0.5) is 0 Å². The second-order valence-corrected chi connectivity index (χ2v) is 7.60. The highest BCUT2D eigenvalue weighted by atomic mass is 32.2. The van der Waals surface area contributed by atoms with Gasteiger partial charge in [-0.3, -0.25) is 4.79 Å². The Morgan fingerprint density at radius 2 is 2.32 bits per heavy atom. The molecule has 0 aromatic carbocycles. The van der Waals surface area contributed by atoms with Gasteiger partial charge in [-0.2, -0.15) is 11.8 Å². The minimum absolute atomic E-state index is 0.0489. The molecule has 1 atom stereocenters. The lowest BCUT2D eigenvalue weighted by atomic mass is 10.1. The van der Waals surface area contributed by atoms with Crippen LogP contribution >= 0.6 is 23.1 Å². The van der Waals surface area contributed by atoms with Crippen molar-refractivity contribution >= 4 is 29.0 Å². The molecule has 0 saturated carbocycles. The van der Waals surface area contributed by atoms with E-state index in [9.17, 15) is 9.90 Å². The van der Waals surface area contributed by atoms with Crippen LogP contribution in [0, 0.1) is 5.92 Å². The number of carbonyl (C=O) groups excluding carboxylic acids is 1. The molecule has 1 amide bonds. The minimum Gasteiger partial charge on any atom is -0.391 e. The van der Waals surface area contributed by atoms with Gasteiger partial charge in [0.15, 0.2) is 0 Å². The van der Waals surface area contributed by atoms with Crippen LogP contribution in [0.15, 0.2) is 6.07 Å². The number of hydrogen-bond donors (Lipinski definition) is 2. The summed E-state index contributed by atoms with van der Waals surface area (Å²) in [5, 5.41) is 12.6. The van der Waals surface area contributed by atoms with Crippen LogP contribution < -0.4 is 5.32 Å². The molecule has 106 valence electrons. The first-order valence-electron chi connectivity index (χ1n) is 6.72. The molecule has 3 nitrogen and oxygen atoms in total. The minimum atomic E-state index is -0.450. The van der Waals surface area contributed by atoms with Crippen LogP contribution in [0.5, 0.6) is 0 Å². The van der Waals surface area contributed by atoms with E-state index in [1.165, 1.54) is 10.4 Å². The van der Waals surface area contributed by atoms with Crippen molar-refractivity contribution in [3.05, 3.63) is 21.4 Å². The monoisotopic (exact) mass is 299 g/mol. The molecule has 19 heavy (non-hydrogen) atoms. The fourth-order valence-electron chi connectivity index (χ4n) is 2.18. The number of aliphatic hydroxyl groups excluding tert-OH is 1. The van der Waals surface area contributed by atoms with Crippen molar-refractivity contribution < 1.29 is 9.90 Å². The summed E-state index contributed by atoms with van der Waals surface area (Å²) < 4.78 is 0. The van der Waals surface area contributed by atoms with E-state index in [1.54, 1.807) is 11.3 Å². The van der Waals surface area contributed by atoms with Crippen LogP contribution in [0.25, 0.3) is 0 Å². The van der Waals surface area contributed by atoms with Crippen LogP contribution in [-0.2, 0) is 12.2 Å². The van der Waals surface area contributed by atoms with Crippen molar-refractivity contribution in [1.29, 1.82) is 0 Å². The number of thioether (sulfide) groups is 1. The Hall–Kier alpha value is -0.520. The average Bonchev–Trinajstić information content (AvgIpc) is 2.78. The quantitative estimate of drug-likeness (QED) is 0.879. The highest BCUT2D eigenvalue weighted by Crippen LogP contribution is 2.31. The Morgan fingerprint density at radius 1 is 1.53 bits per heavy atom. The SMILES string of the molecule is CC(C)CC(O)CNC(=O)c1cc2c(s1)CCSC2. The van der Waals surface area contributed by atoms with Gasteiger partial charge < -0.3 is 10.4 Å².